The molecule has 1 saturated carbocycles. The van der Waals surface area contributed by atoms with Crippen molar-refractivity contribution >= 4 is 0 Å². The summed E-state index contributed by atoms with van der Waals surface area (Å²) in [4.78, 5) is 13.8. The van der Waals surface area contributed by atoms with Gasteiger partial charge in [0.05, 0.1) is 18.9 Å². The average Bonchev–Trinajstić information content (AvgIpc) is 3.29. The molecule has 0 aromatic carbocycles. The van der Waals surface area contributed by atoms with E-state index in [-0.39, 0.29) is 0 Å². The maximum Gasteiger partial charge on any atom is 0.192 e. The fourth-order valence-corrected chi connectivity index (χ4v) is 1.66. The van der Waals surface area contributed by atoms with Gasteiger partial charge in [0.25, 0.3) is 0 Å². The molecule has 0 bridgehead atoms. The summed E-state index contributed by atoms with van der Waals surface area (Å²) in [6, 6.07) is 1.78. The second-order valence-corrected chi connectivity index (χ2v) is 3.85. The number of aliphatic hydroxyl groups excluding tert-OH is 1. The Balaban J connectivity index is 0.000000741. The lowest BCUT2D eigenvalue weighted by Gasteiger charge is -2.14. The van der Waals surface area contributed by atoms with Crippen molar-refractivity contribution in [3.8, 4) is 5.75 Å². The average molecular weight is 269 g/mol. The summed E-state index contributed by atoms with van der Waals surface area (Å²) in [6.45, 7) is 9.83. The highest BCUT2D eigenvalue weighted by molar-refractivity contribution is 5.38. The third-order valence-corrected chi connectivity index (χ3v) is 2.67. The maximum absolute atomic E-state index is 10.0. The van der Waals surface area contributed by atoms with E-state index in [0.29, 0.717) is 11.7 Å². The van der Waals surface area contributed by atoms with Crippen LogP contribution in [-0.4, -0.2) is 17.2 Å². The molecule has 0 radical (unpaired) electrons. The van der Waals surface area contributed by atoms with Crippen LogP contribution in [0, 0.1) is 12.8 Å². The van der Waals surface area contributed by atoms with E-state index in [1.54, 1.807) is 12.3 Å². The molecule has 0 saturated heterocycles. The van der Waals surface area contributed by atoms with Crippen molar-refractivity contribution in [3.63, 3.8) is 0 Å². The Hall–Kier alpha value is -1.13. The van der Waals surface area contributed by atoms with Gasteiger partial charge in [-0.2, -0.15) is 4.89 Å². The highest BCUT2D eigenvalue weighted by Crippen LogP contribution is 2.43. The Morgan fingerprint density at radius 1 is 1.26 bits per heavy atom. The fraction of sp³-hybridized carbons (Fsp3) is 0.667. The first-order valence-electron chi connectivity index (χ1n) is 7.08. The number of aromatic nitrogens is 1. The molecule has 0 spiro atoms. The van der Waals surface area contributed by atoms with Crippen LogP contribution in [0.3, 0.4) is 0 Å². The van der Waals surface area contributed by atoms with Gasteiger partial charge in [0.15, 0.2) is 5.75 Å². The predicted molar refractivity (Wildman–Crippen MR) is 77.0 cm³/mol. The van der Waals surface area contributed by atoms with Crippen molar-refractivity contribution in [3.05, 3.63) is 23.5 Å². The molecule has 1 unspecified atom stereocenters. The number of hydrogen-bond acceptors (Lipinski definition) is 4. The van der Waals surface area contributed by atoms with Gasteiger partial charge in [0.2, 0.25) is 0 Å². The molecule has 0 aliphatic heterocycles. The first kappa shape index (κ1) is 17.9. The van der Waals surface area contributed by atoms with Crippen LogP contribution in [0.2, 0.25) is 0 Å². The summed E-state index contributed by atoms with van der Waals surface area (Å²) in [5.41, 5.74) is 1.50. The minimum atomic E-state index is -0.461. The fourth-order valence-electron chi connectivity index (χ4n) is 1.66. The Labute approximate surface area is 116 Å². The molecule has 1 aliphatic rings. The molecular formula is C15H27NO3. The molecule has 1 fully saturated rings. The monoisotopic (exact) mass is 269 g/mol. The molecule has 1 heterocycles. The number of hydrogen-bond donors (Lipinski definition) is 1. The molecule has 1 atom stereocenters. The van der Waals surface area contributed by atoms with Crippen LogP contribution in [-0.2, 0) is 4.89 Å². The van der Waals surface area contributed by atoms with Crippen LogP contribution in [0.15, 0.2) is 12.3 Å². The summed E-state index contributed by atoms with van der Waals surface area (Å²) in [5.74, 6) is 0.908. The largest absolute Gasteiger partial charge is 0.388 e. The van der Waals surface area contributed by atoms with Crippen LogP contribution < -0.4 is 4.89 Å². The van der Waals surface area contributed by atoms with E-state index in [9.17, 15) is 5.11 Å². The van der Waals surface area contributed by atoms with Crippen molar-refractivity contribution in [1.82, 2.24) is 4.98 Å². The molecule has 4 nitrogen and oxygen atoms in total. The van der Waals surface area contributed by atoms with Crippen molar-refractivity contribution in [2.24, 2.45) is 5.92 Å². The van der Waals surface area contributed by atoms with Crippen LogP contribution in [0.1, 0.15) is 57.9 Å². The molecule has 1 aromatic heterocycles. The van der Waals surface area contributed by atoms with Gasteiger partial charge in [-0.15, -0.1) is 0 Å². The van der Waals surface area contributed by atoms with E-state index < -0.39 is 6.10 Å². The highest BCUT2D eigenvalue weighted by Gasteiger charge is 2.33. The van der Waals surface area contributed by atoms with Gasteiger partial charge in [-0.3, -0.25) is 4.98 Å². The summed E-state index contributed by atoms with van der Waals surface area (Å²) in [5, 5.41) is 10.0. The summed E-state index contributed by atoms with van der Waals surface area (Å²) in [7, 11) is 1.44. The topological polar surface area (TPSA) is 51.6 Å². The number of rotatable bonds is 4. The standard InChI is InChI=1S/C11H15NO3.2C2H6/c1-7-11(15-14-2)9(5-6-12-7)10(13)8-3-4-8;2*1-2/h5-6,8,10,13H,3-4H2,1-2H3;2*1-2H3. The van der Waals surface area contributed by atoms with Crippen LogP contribution in [0.5, 0.6) is 5.75 Å². The zero-order chi connectivity index (χ0) is 14.8. The lowest BCUT2D eigenvalue weighted by atomic mass is 10.0. The van der Waals surface area contributed by atoms with E-state index in [2.05, 4.69) is 9.87 Å². The maximum atomic E-state index is 10.0. The van der Waals surface area contributed by atoms with Crippen LogP contribution in [0.4, 0.5) is 0 Å². The zero-order valence-corrected chi connectivity index (χ0v) is 12.9. The zero-order valence-electron chi connectivity index (χ0n) is 12.9. The predicted octanol–water partition coefficient (Wildman–Crippen LogP) is 3.83. The van der Waals surface area contributed by atoms with E-state index in [0.717, 1.165) is 24.1 Å². The summed E-state index contributed by atoms with van der Waals surface area (Å²) < 4.78 is 0. The van der Waals surface area contributed by atoms with Crippen molar-refractivity contribution in [1.29, 1.82) is 0 Å². The second-order valence-electron chi connectivity index (χ2n) is 3.85. The Bertz CT molecular complexity index is 351. The Morgan fingerprint density at radius 2 is 1.84 bits per heavy atom. The van der Waals surface area contributed by atoms with Crippen molar-refractivity contribution in [2.75, 3.05) is 7.11 Å². The molecular weight excluding hydrogens is 242 g/mol. The molecule has 2 rings (SSSR count). The van der Waals surface area contributed by atoms with Gasteiger partial charge in [-0.25, -0.2) is 0 Å². The summed E-state index contributed by atoms with van der Waals surface area (Å²) >= 11 is 0. The number of aryl methyl sites for hydroxylation is 1. The minimum absolute atomic E-state index is 0.367. The van der Waals surface area contributed by atoms with Gasteiger partial charge in [-0.1, -0.05) is 27.7 Å². The lowest BCUT2D eigenvalue weighted by Crippen LogP contribution is -2.06. The minimum Gasteiger partial charge on any atom is -0.388 e. The number of aliphatic hydroxyl groups is 1. The van der Waals surface area contributed by atoms with Gasteiger partial charge >= 0.3 is 0 Å². The molecule has 19 heavy (non-hydrogen) atoms. The third-order valence-electron chi connectivity index (χ3n) is 2.67. The van der Waals surface area contributed by atoms with E-state index >= 15 is 0 Å². The number of pyridine rings is 1. The van der Waals surface area contributed by atoms with E-state index in [4.69, 9.17) is 4.89 Å². The smallest absolute Gasteiger partial charge is 0.192 e. The van der Waals surface area contributed by atoms with E-state index in [1.807, 2.05) is 34.6 Å². The highest BCUT2D eigenvalue weighted by atomic mass is 17.2. The molecule has 4 heteroatoms. The van der Waals surface area contributed by atoms with Gasteiger partial charge in [-0.05, 0) is 31.7 Å². The molecule has 1 aliphatic carbocycles. The first-order chi connectivity index (χ1) is 9.24. The van der Waals surface area contributed by atoms with Crippen LogP contribution in [0.25, 0.3) is 0 Å². The molecule has 0 amide bonds. The number of nitrogens with zero attached hydrogens (tertiary/aromatic N) is 1. The van der Waals surface area contributed by atoms with Gasteiger partial charge < -0.3 is 9.99 Å². The summed E-state index contributed by atoms with van der Waals surface area (Å²) in [6.07, 6.45) is 3.37. The molecule has 1 N–H and O–H groups in total. The first-order valence-corrected chi connectivity index (χ1v) is 7.08. The Morgan fingerprint density at radius 3 is 2.32 bits per heavy atom. The van der Waals surface area contributed by atoms with E-state index in [1.165, 1.54) is 7.11 Å². The normalized spacial score (nSPS) is 14.5. The molecule has 1 aromatic rings. The van der Waals surface area contributed by atoms with Crippen molar-refractivity contribution in [2.45, 2.75) is 53.6 Å². The Kier molecular flexibility index (Phi) is 9.17. The molecule has 110 valence electrons. The van der Waals surface area contributed by atoms with Gasteiger partial charge in [0, 0.05) is 11.8 Å². The van der Waals surface area contributed by atoms with Gasteiger partial charge in [0.1, 0.15) is 0 Å². The lowest BCUT2D eigenvalue weighted by molar-refractivity contribution is -0.180. The SMILES string of the molecule is CC.CC.COOc1c(C(O)C2CC2)ccnc1C. The quantitative estimate of drug-likeness (QED) is 0.666. The van der Waals surface area contributed by atoms with Crippen LogP contribution >= 0.6 is 0 Å². The third kappa shape index (κ3) is 5.17. The second kappa shape index (κ2) is 9.75. The van der Waals surface area contributed by atoms with Crippen molar-refractivity contribution < 1.29 is 14.9 Å².